The van der Waals surface area contributed by atoms with Crippen LogP contribution in [0, 0.1) is 15.9 Å². The average Bonchev–Trinajstić information content (AvgIpc) is 2.37. The molecule has 0 aromatic heterocycles. The first-order valence-corrected chi connectivity index (χ1v) is 6.13. The third-order valence-corrected chi connectivity index (χ3v) is 3.78. The van der Waals surface area contributed by atoms with Gasteiger partial charge in [-0.05, 0) is 18.2 Å². The summed E-state index contributed by atoms with van der Waals surface area (Å²) in [7, 11) is 0. The Morgan fingerprint density at radius 1 is 1.00 bits per heavy atom. The number of benzene rings is 2. The summed E-state index contributed by atoms with van der Waals surface area (Å²) in [6, 6.07) is 6.18. The van der Waals surface area contributed by atoms with Gasteiger partial charge >= 0.3 is 0 Å². The molecule has 7 heteroatoms. The van der Waals surface area contributed by atoms with Crippen LogP contribution >= 0.6 is 34.8 Å². The highest BCUT2D eigenvalue weighted by atomic mass is 35.5. The number of rotatable bonds is 2. The first-order valence-electron chi connectivity index (χ1n) is 4.99. The van der Waals surface area contributed by atoms with Crippen LogP contribution in [0.4, 0.5) is 10.1 Å². The zero-order valence-corrected chi connectivity index (χ0v) is 11.4. The summed E-state index contributed by atoms with van der Waals surface area (Å²) >= 11 is 17.7. The van der Waals surface area contributed by atoms with Crippen molar-refractivity contribution in [1.29, 1.82) is 0 Å². The molecule has 3 nitrogen and oxygen atoms in total. The molecule has 0 unspecified atom stereocenters. The Balaban J connectivity index is 2.72. The van der Waals surface area contributed by atoms with Crippen LogP contribution in [-0.2, 0) is 0 Å². The first-order chi connectivity index (χ1) is 8.91. The molecule has 0 aliphatic heterocycles. The van der Waals surface area contributed by atoms with Crippen molar-refractivity contribution in [2.24, 2.45) is 0 Å². The lowest BCUT2D eigenvalue weighted by atomic mass is 10.0. The maximum absolute atomic E-state index is 13.1. The van der Waals surface area contributed by atoms with Gasteiger partial charge in [0.15, 0.2) is 0 Å². The topological polar surface area (TPSA) is 43.1 Å². The van der Waals surface area contributed by atoms with E-state index in [1.165, 1.54) is 18.2 Å². The van der Waals surface area contributed by atoms with Crippen LogP contribution in [0.2, 0.25) is 15.1 Å². The molecular formula is C12H5Cl3FNO2. The van der Waals surface area contributed by atoms with Crippen molar-refractivity contribution in [3.8, 4) is 11.1 Å². The predicted molar refractivity (Wildman–Crippen MR) is 73.5 cm³/mol. The minimum absolute atomic E-state index is 0.0869. The highest BCUT2D eigenvalue weighted by Gasteiger charge is 2.20. The summed E-state index contributed by atoms with van der Waals surface area (Å²) in [6.07, 6.45) is 0. The minimum atomic E-state index is -0.702. The van der Waals surface area contributed by atoms with Crippen molar-refractivity contribution in [3.63, 3.8) is 0 Å². The quantitative estimate of drug-likeness (QED) is 0.424. The molecule has 0 aliphatic carbocycles. The van der Waals surface area contributed by atoms with Gasteiger partial charge in [0.1, 0.15) is 5.82 Å². The van der Waals surface area contributed by atoms with E-state index in [1.807, 2.05) is 0 Å². The van der Waals surface area contributed by atoms with Gasteiger partial charge in [-0.1, -0.05) is 40.9 Å². The Hall–Kier alpha value is -1.36. The van der Waals surface area contributed by atoms with Crippen LogP contribution in [0.5, 0.6) is 0 Å². The van der Waals surface area contributed by atoms with Crippen LogP contribution in [0.15, 0.2) is 30.3 Å². The van der Waals surface area contributed by atoms with Crippen molar-refractivity contribution < 1.29 is 9.31 Å². The van der Waals surface area contributed by atoms with Gasteiger partial charge in [0.05, 0.1) is 31.6 Å². The van der Waals surface area contributed by atoms with Gasteiger partial charge in [-0.25, -0.2) is 4.39 Å². The van der Waals surface area contributed by atoms with Gasteiger partial charge in [0, 0.05) is 5.56 Å². The van der Waals surface area contributed by atoms with E-state index in [2.05, 4.69) is 0 Å². The van der Waals surface area contributed by atoms with E-state index in [4.69, 9.17) is 34.8 Å². The summed E-state index contributed by atoms with van der Waals surface area (Å²) in [5.41, 5.74) is 0.109. The Morgan fingerprint density at radius 2 is 1.63 bits per heavy atom. The lowest BCUT2D eigenvalue weighted by Crippen LogP contribution is -1.94. The second-order valence-electron chi connectivity index (χ2n) is 3.64. The van der Waals surface area contributed by atoms with Gasteiger partial charge in [-0.2, -0.15) is 0 Å². The summed E-state index contributed by atoms with van der Waals surface area (Å²) < 4.78 is 13.1. The molecule has 98 valence electrons. The van der Waals surface area contributed by atoms with Crippen molar-refractivity contribution in [3.05, 3.63) is 61.3 Å². The zero-order chi connectivity index (χ0) is 14.2. The summed E-state index contributed by atoms with van der Waals surface area (Å²) in [5, 5.41) is 11.4. The number of halogens is 4. The number of hydrogen-bond acceptors (Lipinski definition) is 2. The SMILES string of the molecule is O=[N+]([O-])c1cc(F)ccc1-c1ccc(Cl)c(Cl)c1Cl. The summed E-state index contributed by atoms with van der Waals surface area (Å²) in [4.78, 5) is 10.3. The van der Waals surface area contributed by atoms with Crippen molar-refractivity contribution in [2.45, 2.75) is 0 Å². The fraction of sp³-hybridized carbons (Fsp3) is 0. The Kier molecular flexibility index (Phi) is 3.94. The molecule has 2 aromatic carbocycles. The molecular weight excluding hydrogens is 315 g/mol. The highest BCUT2D eigenvalue weighted by molar-refractivity contribution is 6.49. The molecule has 2 aromatic rings. The van der Waals surface area contributed by atoms with Crippen molar-refractivity contribution >= 4 is 40.5 Å². The standard InChI is InChI=1S/C12H5Cl3FNO2/c13-9-4-3-8(11(14)12(9)15)7-2-1-6(16)5-10(7)17(18)19/h1-5H. The molecule has 0 heterocycles. The van der Waals surface area contributed by atoms with Gasteiger partial charge in [0.2, 0.25) is 0 Å². The Morgan fingerprint density at radius 3 is 2.26 bits per heavy atom. The highest BCUT2D eigenvalue weighted by Crippen LogP contribution is 2.41. The number of nitrogens with zero attached hydrogens (tertiary/aromatic N) is 1. The van der Waals surface area contributed by atoms with Crippen LogP contribution in [-0.4, -0.2) is 4.92 Å². The number of nitro groups is 1. The lowest BCUT2D eigenvalue weighted by Gasteiger charge is -2.08. The van der Waals surface area contributed by atoms with E-state index >= 15 is 0 Å². The fourth-order valence-electron chi connectivity index (χ4n) is 1.62. The molecule has 0 amide bonds. The van der Waals surface area contributed by atoms with Crippen LogP contribution in [0.3, 0.4) is 0 Å². The Labute approximate surface area is 122 Å². The number of nitro benzene ring substituents is 1. The van der Waals surface area contributed by atoms with E-state index in [9.17, 15) is 14.5 Å². The average molecular weight is 321 g/mol. The van der Waals surface area contributed by atoms with Gasteiger partial charge in [-0.3, -0.25) is 10.1 Å². The van der Waals surface area contributed by atoms with E-state index in [1.54, 1.807) is 0 Å². The normalized spacial score (nSPS) is 10.5. The number of hydrogen-bond donors (Lipinski definition) is 0. The lowest BCUT2D eigenvalue weighted by molar-refractivity contribution is -0.384. The summed E-state index contributed by atoms with van der Waals surface area (Å²) in [6.45, 7) is 0. The van der Waals surface area contributed by atoms with Gasteiger partial charge in [0.25, 0.3) is 5.69 Å². The van der Waals surface area contributed by atoms with Crippen molar-refractivity contribution in [2.75, 3.05) is 0 Å². The third kappa shape index (κ3) is 2.66. The molecule has 0 radical (unpaired) electrons. The maximum atomic E-state index is 13.1. The minimum Gasteiger partial charge on any atom is -0.258 e. The van der Waals surface area contributed by atoms with E-state index in [0.29, 0.717) is 5.56 Å². The molecule has 0 aliphatic rings. The van der Waals surface area contributed by atoms with E-state index in [0.717, 1.165) is 12.1 Å². The molecule has 0 spiro atoms. The largest absolute Gasteiger partial charge is 0.280 e. The second-order valence-corrected chi connectivity index (χ2v) is 4.80. The molecule has 19 heavy (non-hydrogen) atoms. The summed E-state index contributed by atoms with van der Waals surface area (Å²) in [5.74, 6) is -0.702. The molecule has 2 rings (SSSR count). The first kappa shape index (κ1) is 14.1. The van der Waals surface area contributed by atoms with Crippen LogP contribution in [0.25, 0.3) is 11.1 Å². The van der Waals surface area contributed by atoms with Crippen LogP contribution < -0.4 is 0 Å². The smallest absolute Gasteiger partial charge is 0.258 e. The molecule has 0 N–H and O–H groups in total. The molecule has 0 atom stereocenters. The Bertz CT molecular complexity index is 676. The second kappa shape index (κ2) is 5.33. The van der Waals surface area contributed by atoms with Crippen LogP contribution in [0.1, 0.15) is 0 Å². The van der Waals surface area contributed by atoms with Crippen molar-refractivity contribution in [1.82, 2.24) is 0 Å². The fourth-order valence-corrected chi connectivity index (χ4v) is 2.25. The van der Waals surface area contributed by atoms with E-state index in [-0.39, 0.29) is 26.3 Å². The predicted octanol–water partition coefficient (Wildman–Crippen LogP) is 5.36. The maximum Gasteiger partial charge on any atom is 0.280 e. The zero-order valence-electron chi connectivity index (χ0n) is 9.16. The molecule has 0 saturated carbocycles. The van der Waals surface area contributed by atoms with Gasteiger partial charge in [-0.15, -0.1) is 0 Å². The molecule has 0 saturated heterocycles. The van der Waals surface area contributed by atoms with Gasteiger partial charge < -0.3 is 0 Å². The molecule has 0 fully saturated rings. The van der Waals surface area contributed by atoms with E-state index < -0.39 is 10.7 Å². The monoisotopic (exact) mass is 319 g/mol. The third-order valence-electron chi connectivity index (χ3n) is 2.48. The molecule has 0 bridgehead atoms.